The first-order valence-corrected chi connectivity index (χ1v) is 41.2. The first kappa shape index (κ1) is 78.6. The molecule has 0 heterocycles. The van der Waals surface area contributed by atoms with Gasteiger partial charge in [0.25, 0.3) is 0 Å². The van der Waals surface area contributed by atoms with Crippen molar-refractivity contribution in [1.29, 1.82) is 0 Å². The van der Waals surface area contributed by atoms with Gasteiger partial charge in [-0.2, -0.15) is 4.17 Å². The maximum absolute atomic E-state index is 10.7. The van der Waals surface area contributed by atoms with Gasteiger partial charge in [0.15, 0.2) is 0 Å². The predicted octanol–water partition coefficient (Wildman–Crippen LogP) is 29.0. The second-order valence-electron chi connectivity index (χ2n) is 24.6. The third-order valence-electron chi connectivity index (χ3n) is 16.4. The van der Waals surface area contributed by atoms with E-state index in [9.17, 15) is 25.2 Å². The van der Waals surface area contributed by atoms with E-state index in [1.165, 1.54) is 384 Å². The quantitative estimate of drug-likeness (QED) is 0.0249. The second kappa shape index (κ2) is 53.6. The van der Waals surface area contributed by atoms with Gasteiger partial charge >= 0.3 is 33.0 Å². The van der Waals surface area contributed by atoms with Crippen LogP contribution in [0.25, 0.3) is 0 Å². The van der Waals surface area contributed by atoms with E-state index in [0.717, 1.165) is 0 Å². The van der Waals surface area contributed by atoms with E-state index in [1.807, 2.05) is 0 Å². The van der Waals surface area contributed by atoms with Gasteiger partial charge in [0.2, 0.25) is 14.1 Å². The third kappa shape index (κ3) is 65.4. The van der Waals surface area contributed by atoms with Crippen molar-refractivity contribution in [3.63, 3.8) is 0 Å². The summed E-state index contributed by atoms with van der Waals surface area (Å²) in [7, 11) is -13.4. The van der Waals surface area contributed by atoms with E-state index in [-0.39, 0.29) is 0 Å². The van der Waals surface area contributed by atoms with Gasteiger partial charge in [-0.05, 0) is 38.5 Å². The molecule has 0 rings (SSSR count). The maximum atomic E-state index is 9.87. The van der Waals surface area contributed by atoms with Gasteiger partial charge in [0, 0.05) is 37.0 Å². The zero-order chi connectivity index (χ0) is 56.5. The molecule has 0 aliphatic heterocycles. The average Bonchev–Trinajstić information content (AvgIpc) is 3.37. The third-order valence-corrected chi connectivity index (χ3v) is 26.4. The molecule has 0 atom stereocenters. The number of halogens is 6. The molecule has 0 aromatic carbocycles. The Hall–Kier alpha value is 0.580. The summed E-state index contributed by atoms with van der Waals surface area (Å²) in [4.78, 5) is 0. The summed E-state index contributed by atoms with van der Waals surface area (Å²) in [6.07, 6.45) is 88.2. The Kier molecular flexibility index (Phi) is 55.4. The van der Waals surface area contributed by atoms with E-state index >= 15 is 0 Å². The molecule has 0 aromatic heterocycles. The van der Waals surface area contributed by atoms with Crippen LogP contribution in [0.1, 0.15) is 388 Å². The predicted molar refractivity (Wildman–Crippen MR) is 342 cm³/mol. The van der Waals surface area contributed by atoms with Crippen LogP contribution in [-0.4, -0.2) is 37.0 Å². The van der Waals surface area contributed by atoms with Gasteiger partial charge in [-0.15, -0.1) is 0 Å². The summed E-state index contributed by atoms with van der Waals surface area (Å²) in [5, 5.41) is 0. The van der Waals surface area contributed by atoms with Crippen LogP contribution in [0.3, 0.4) is 0 Å². The number of nitrogens with zero attached hydrogens (tertiary/aromatic N) is 1. The molecule has 0 aliphatic rings. The van der Waals surface area contributed by atoms with Crippen LogP contribution < -0.4 is 4.17 Å². The molecule has 10 heteroatoms. The molecule has 464 valence electrons. The van der Waals surface area contributed by atoms with E-state index in [0.29, 0.717) is 0 Å². The molecule has 0 amide bonds. The molecular weight excluding hydrogens is 1010 g/mol. The normalized spacial score (nSPS) is 13.2. The SMILES string of the molecule is CCCCCCCCCCCP(CCCCCCCCCCC)(CCCCCCCCCCC)=[N+]=P(CCCCCCCCCCC)(CCCCCCCCCCC)CCCCCCCCCCC.F[P-](F)(F)(F)(F)F. The van der Waals surface area contributed by atoms with Gasteiger partial charge in [-0.3, -0.25) is 0 Å². The molecule has 0 saturated heterocycles. The van der Waals surface area contributed by atoms with Gasteiger partial charge in [0.1, 0.15) is 0 Å². The number of unbranched alkanes of at least 4 members (excludes halogenated alkanes) is 48. The molecule has 0 aromatic rings. The van der Waals surface area contributed by atoms with Crippen LogP contribution >= 0.6 is 21.9 Å². The standard InChI is InChI=1S/C66H138NP2.F6P/c1-7-13-19-25-31-37-43-49-55-61-68(62-56-50-44-38-32-26-20-14-8-2,63-57-51-45-39-33-27-21-15-9-3)67-69(64-58-52-46-40-34-28-22-16-10-4,65-59-53-47-41-35-29-23-17-11-5)66-60-54-48-42-36-30-24-18-12-6;1-7(2,3,4,5)6/h7-66H2,1-6H3;/q+1;-1. The molecule has 0 radical (unpaired) electrons. The fourth-order valence-corrected chi connectivity index (χ4v) is 23.2. The van der Waals surface area contributed by atoms with E-state index in [2.05, 4.69) is 41.5 Å². The molecule has 0 N–H and O–H groups in total. The number of hydrogen-bond acceptors (Lipinski definition) is 0. The molecule has 0 bridgehead atoms. The summed E-state index contributed by atoms with van der Waals surface area (Å²) in [6.45, 7) is 14.2. The van der Waals surface area contributed by atoms with Gasteiger partial charge in [-0.25, -0.2) is 0 Å². The van der Waals surface area contributed by atoms with Crippen molar-refractivity contribution in [2.75, 3.05) is 37.0 Å². The summed E-state index contributed by atoms with van der Waals surface area (Å²) < 4.78 is 66.2. The Balaban J connectivity index is 0. The Morgan fingerprint density at radius 1 is 0.184 bits per heavy atom. The Labute approximate surface area is 474 Å². The summed E-state index contributed by atoms with van der Waals surface area (Å²) in [5.74, 6) is 0. The monoisotopic (exact) mass is 1150 g/mol. The fraction of sp³-hybridized carbons (Fsp3) is 1.00. The summed E-state index contributed by atoms with van der Waals surface area (Å²) in [5.41, 5.74) is 0. The van der Waals surface area contributed by atoms with Crippen molar-refractivity contribution < 1.29 is 25.2 Å². The zero-order valence-corrected chi connectivity index (χ0v) is 55.2. The van der Waals surface area contributed by atoms with Crippen molar-refractivity contribution in [2.24, 2.45) is 0 Å². The molecule has 0 fully saturated rings. The van der Waals surface area contributed by atoms with E-state index in [4.69, 9.17) is 4.17 Å². The van der Waals surface area contributed by atoms with Crippen LogP contribution in [0.2, 0.25) is 0 Å². The average molecular weight is 1150 g/mol. The van der Waals surface area contributed by atoms with Gasteiger partial charge < -0.3 is 0 Å². The Bertz CT molecular complexity index is 1090. The van der Waals surface area contributed by atoms with E-state index < -0.39 is 21.9 Å². The first-order chi connectivity index (χ1) is 36.5. The number of hydrogen-bond donors (Lipinski definition) is 0. The minimum atomic E-state index is -10.7. The Morgan fingerprint density at radius 3 is 0.382 bits per heavy atom. The van der Waals surface area contributed by atoms with Crippen molar-refractivity contribution in [3.05, 3.63) is 0 Å². The van der Waals surface area contributed by atoms with Crippen LogP contribution in [0.15, 0.2) is 0 Å². The molecular formula is C66H138F6NP3. The summed E-state index contributed by atoms with van der Waals surface area (Å²) in [6, 6.07) is 0. The van der Waals surface area contributed by atoms with E-state index in [1.54, 1.807) is 0 Å². The van der Waals surface area contributed by atoms with Gasteiger partial charge in [-0.1, -0.05) is 350 Å². The molecule has 1 nitrogen and oxygen atoms in total. The summed E-state index contributed by atoms with van der Waals surface area (Å²) >= 11 is 0. The number of rotatable bonds is 60. The van der Waals surface area contributed by atoms with Crippen molar-refractivity contribution in [3.8, 4) is 0 Å². The van der Waals surface area contributed by atoms with Crippen LogP contribution in [0, 0.1) is 0 Å². The van der Waals surface area contributed by atoms with Crippen molar-refractivity contribution in [1.82, 2.24) is 4.17 Å². The zero-order valence-electron chi connectivity index (χ0n) is 52.5. The van der Waals surface area contributed by atoms with Crippen molar-refractivity contribution in [2.45, 2.75) is 388 Å². The Morgan fingerprint density at radius 2 is 0.276 bits per heavy atom. The molecule has 0 saturated carbocycles. The fourth-order valence-electron chi connectivity index (χ4n) is 11.6. The first-order valence-electron chi connectivity index (χ1n) is 34.6. The van der Waals surface area contributed by atoms with Crippen LogP contribution in [0.5, 0.6) is 0 Å². The van der Waals surface area contributed by atoms with Crippen molar-refractivity contribution >= 4 is 21.9 Å². The molecule has 0 aliphatic carbocycles. The van der Waals surface area contributed by atoms with Crippen LogP contribution in [-0.2, 0) is 0 Å². The topological polar surface area (TPSA) is 14.1 Å². The molecule has 0 unspecified atom stereocenters. The second-order valence-corrected chi connectivity index (χ2v) is 34.2. The molecule has 76 heavy (non-hydrogen) atoms. The minimum absolute atomic E-state index is 1.37. The van der Waals surface area contributed by atoms with Gasteiger partial charge in [0.05, 0.1) is 0 Å². The molecule has 0 spiro atoms. The van der Waals surface area contributed by atoms with Crippen LogP contribution in [0.4, 0.5) is 25.2 Å².